The predicted octanol–water partition coefficient (Wildman–Crippen LogP) is 3.29. The van der Waals surface area contributed by atoms with E-state index in [9.17, 15) is 0 Å². The van der Waals surface area contributed by atoms with Crippen LogP contribution in [0.1, 0.15) is 20.3 Å². The number of nitrogens with zero attached hydrogens (tertiary/aromatic N) is 1. The highest BCUT2D eigenvalue weighted by molar-refractivity contribution is 5.83. The molecule has 0 fully saturated rings. The first-order valence-electron chi connectivity index (χ1n) is 6.14. The molecule has 0 saturated heterocycles. The number of rotatable bonds is 4. The zero-order chi connectivity index (χ0) is 12.7. The molecule has 94 valence electrons. The third-order valence-electron chi connectivity index (χ3n) is 2.55. The number of benzene rings is 1. The maximum Gasteiger partial charge on any atom is 0.0500 e. The first kappa shape index (κ1) is 13.6. The second kappa shape index (κ2) is 6.97. The third kappa shape index (κ3) is 3.49. The van der Waals surface area contributed by atoms with Crippen molar-refractivity contribution in [2.24, 2.45) is 0 Å². The second-order valence-electron chi connectivity index (χ2n) is 3.67. The van der Waals surface area contributed by atoms with E-state index >= 15 is 0 Å². The third-order valence-corrected chi connectivity index (χ3v) is 2.55. The van der Waals surface area contributed by atoms with Crippen LogP contribution in [0.5, 0.6) is 0 Å². The van der Waals surface area contributed by atoms with Crippen molar-refractivity contribution in [2.45, 2.75) is 26.8 Å². The summed E-state index contributed by atoms with van der Waals surface area (Å²) >= 11 is 0. The summed E-state index contributed by atoms with van der Waals surface area (Å²) in [6.45, 7) is 5.77. The molecule has 3 heteroatoms. The molecule has 17 heavy (non-hydrogen) atoms. The highest BCUT2D eigenvalue weighted by Crippen LogP contribution is 2.18. The molecule has 0 unspecified atom stereocenters. The van der Waals surface area contributed by atoms with Gasteiger partial charge in [-0.2, -0.15) is 0 Å². The summed E-state index contributed by atoms with van der Waals surface area (Å²) in [5.41, 5.74) is 7.78. The minimum Gasteiger partial charge on any atom is -0.399 e. The van der Waals surface area contributed by atoms with Crippen LogP contribution >= 0.6 is 0 Å². The van der Waals surface area contributed by atoms with Gasteiger partial charge in [-0.25, -0.2) is 0 Å². The molecule has 0 saturated carbocycles. The number of aromatic nitrogens is 1. The zero-order valence-electron chi connectivity index (χ0n) is 10.9. The summed E-state index contributed by atoms with van der Waals surface area (Å²) in [6.07, 6.45) is 3.12. The minimum absolute atomic E-state index is 0.794. The van der Waals surface area contributed by atoms with Gasteiger partial charge in [-0.1, -0.05) is 19.9 Å². The zero-order valence-corrected chi connectivity index (χ0v) is 10.9. The van der Waals surface area contributed by atoms with Crippen LogP contribution < -0.4 is 5.73 Å². The lowest BCUT2D eigenvalue weighted by molar-refractivity contribution is 0.190. The molecule has 2 aromatic rings. The molecule has 0 spiro atoms. The lowest BCUT2D eigenvalue weighted by Gasteiger charge is -2.05. The summed E-state index contributed by atoms with van der Waals surface area (Å²) in [5.74, 6) is 0. The van der Waals surface area contributed by atoms with Gasteiger partial charge in [0.2, 0.25) is 0 Å². The van der Waals surface area contributed by atoms with Gasteiger partial charge in [0.15, 0.2) is 0 Å². The van der Waals surface area contributed by atoms with Gasteiger partial charge in [0.05, 0.1) is 5.52 Å². The van der Waals surface area contributed by atoms with E-state index in [2.05, 4.69) is 22.9 Å². The molecule has 0 atom stereocenters. The Balaban J connectivity index is 0.000000686. The topological polar surface area (TPSA) is 40.2 Å². The van der Waals surface area contributed by atoms with E-state index < -0.39 is 0 Å². The molecule has 2 rings (SSSR count). The monoisotopic (exact) mass is 234 g/mol. The number of methoxy groups -OCH3 is 1. The Morgan fingerprint density at radius 3 is 2.71 bits per heavy atom. The van der Waals surface area contributed by atoms with E-state index in [-0.39, 0.29) is 0 Å². The maximum absolute atomic E-state index is 5.77. The molecule has 0 aliphatic heterocycles. The molecule has 1 aromatic heterocycles. The van der Waals surface area contributed by atoms with E-state index in [0.29, 0.717) is 0 Å². The smallest absolute Gasteiger partial charge is 0.0500 e. The van der Waals surface area contributed by atoms with Gasteiger partial charge in [-0.3, -0.25) is 0 Å². The van der Waals surface area contributed by atoms with Crippen molar-refractivity contribution in [2.75, 3.05) is 19.5 Å². The number of hydrogen-bond donors (Lipinski definition) is 1. The maximum atomic E-state index is 5.77. The number of aryl methyl sites for hydroxylation is 1. The fourth-order valence-corrected chi connectivity index (χ4v) is 1.78. The summed E-state index contributed by atoms with van der Waals surface area (Å²) in [5, 5.41) is 1.24. The number of anilines is 1. The lowest BCUT2D eigenvalue weighted by Crippen LogP contribution is -2.00. The highest BCUT2D eigenvalue weighted by atomic mass is 16.5. The molecule has 0 radical (unpaired) electrons. The van der Waals surface area contributed by atoms with Gasteiger partial charge in [-0.15, -0.1) is 0 Å². The number of hydrogen-bond acceptors (Lipinski definition) is 2. The van der Waals surface area contributed by atoms with Crippen LogP contribution in [0.15, 0.2) is 30.5 Å². The molecule has 1 aromatic carbocycles. The van der Waals surface area contributed by atoms with Crippen LogP contribution in [0.25, 0.3) is 10.9 Å². The Kier molecular flexibility index (Phi) is 5.57. The van der Waals surface area contributed by atoms with E-state index in [4.69, 9.17) is 10.5 Å². The number of ether oxygens (including phenoxy) is 1. The van der Waals surface area contributed by atoms with Crippen LogP contribution in [-0.4, -0.2) is 18.3 Å². The second-order valence-corrected chi connectivity index (χ2v) is 3.67. The van der Waals surface area contributed by atoms with Crippen LogP contribution in [0.2, 0.25) is 0 Å². The van der Waals surface area contributed by atoms with Crippen LogP contribution in [-0.2, 0) is 11.3 Å². The standard InChI is InChI=1S/C12H16N2O.C2H6/c1-15-8-2-6-14-7-5-10-3-4-11(13)9-12(10)14;1-2/h3-5,7,9H,2,6,8,13H2,1H3;1-2H3. The molecule has 3 nitrogen and oxygen atoms in total. The number of nitrogens with two attached hydrogens (primary N) is 1. The predicted molar refractivity (Wildman–Crippen MR) is 74.2 cm³/mol. The molecule has 0 aliphatic carbocycles. The molecule has 0 bridgehead atoms. The highest BCUT2D eigenvalue weighted by Gasteiger charge is 2.00. The van der Waals surface area contributed by atoms with Crippen LogP contribution in [0.3, 0.4) is 0 Å². The molecule has 0 aliphatic rings. The fourth-order valence-electron chi connectivity index (χ4n) is 1.78. The van der Waals surface area contributed by atoms with Crippen LogP contribution in [0.4, 0.5) is 5.69 Å². The summed E-state index contributed by atoms with van der Waals surface area (Å²) in [7, 11) is 1.73. The molecule has 1 heterocycles. The number of nitrogen functional groups attached to an aromatic ring is 1. The van der Waals surface area contributed by atoms with Gasteiger partial charge in [0, 0.05) is 32.1 Å². The molecule has 2 N–H and O–H groups in total. The summed E-state index contributed by atoms with van der Waals surface area (Å²) in [4.78, 5) is 0. The van der Waals surface area contributed by atoms with Crippen molar-refractivity contribution in [1.82, 2.24) is 4.57 Å². The van der Waals surface area contributed by atoms with E-state index in [0.717, 1.165) is 25.3 Å². The SMILES string of the molecule is CC.COCCCn1ccc2ccc(N)cc21. The molecular formula is C14H22N2O. The molecule has 0 amide bonds. The first-order valence-corrected chi connectivity index (χ1v) is 6.14. The van der Waals surface area contributed by atoms with Crippen molar-refractivity contribution < 1.29 is 4.74 Å². The molecular weight excluding hydrogens is 212 g/mol. The van der Waals surface area contributed by atoms with Gasteiger partial charge < -0.3 is 15.0 Å². The Morgan fingerprint density at radius 1 is 1.24 bits per heavy atom. The Bertz CT molecular complexity index is 448. The van der Waals surface area contributed by atoms with Gasteiger partial charge >= 0.3 is 0 Å². The van der Waals surface area contributed by atoms with Gasteiger partial charge in [-0.05, 0) is 30.0 Å². The van der Waals surface area contributed by atoms with E-state index in [1.165, 1.54) is 10.9 Å². The largest absolute Gasteiger partial charge is 0.399 e. The summed E-state index contributed by atoms with van der Waals surface area (Å²) in [6, 6.07) is 8.11. The van der Waals surface area contributed by atoms with Gasteiger partial charge in [0.1, 0.15) is 0 Å². The van der Waals surface area contributed by atoms with Crippen molar-refractivity contribution >= 4 is 16.6 Å². The van der Waals surface area contributed by atoms with Crippen molar-refractivity contribution in [3.05, 3.63) is 30.5 Å². The Hall–Kier alpha value is -1.48. The van der Waals surface area contributed by atoms with E-state index in [1.807, 2.05) is 26.0 Å². The van der Waals surface area contributed by atoms with Crippen molar-refractivity contribution in [3.8, 4) is 0 Å². The first-order chi connectivity index (χ1) is 8.31. The van der Waals surface area contributed by atoms with Gasteiger partial charge in [0.25, 0.3) is 0 Å². The Labute approximate surface area is 103 Å². The average Bonchev–Trinajstić information content (AvgIpc) is 2.75. The van der Waals surface area contributed by atoms with Crippen LogP contribution in [0, 0.1) is 0 Å². The lowest BCUT2D eigenvalue weighted by atomic mass is 10.2. The average molecular weight is 234 g/mol. The minimum atomic E-state index is 0.794. The van der Waals surface area contributed by atoms with E-state index in [1.54, 1.807) is 7.11 Å². The normalized spacial score (nSPS) is 10.1. The quantitative estimate of drug-likeness (QED) is 0.651. The summed E-state index contributed by atoms with van der Waals surface area (Å²) < 4.78 is 7.25. The number of fused-ring (bicyclic) bond motifs is 1. The van der Waals surface area contributed by atoms with Crippen molar-refractivity contribution in [3.63, 3.8) is 0 Å². The van der Waals surface area contributed by atoms with Crippen molar-refractivity contribution in [1.29, 1.82) is 0 Å². The Morgan fingerprint density at radius 2 is 2.00 bits per heavy atom. The fraction of sp³-hybridized carbons (Fsp3) is 0.429.